The third-order valence-electron chi connectivity index (χ3n) is 4.64. The molecule has 0 bridgehead atoms. The third-order valence-corrected chi connectivity index (χ3v) is 4.64. The number of rotatable bonds is 7. The van der Waals surface area contributed by atoms with Crippen LogP contribution in [0.25, 0.3) is 0 Å². The second-order valence-corrected chi connectivity index (χ2v) is 6.24. The smallest absolute Gasteiger partial charge is 0.253 e. The molecule has 6 nitrogen and oxygen atoms in total. The lowest BCUT2D eigenvalue weighted by molar-refractivity contribution is -0.122. The van der Waals surface area contributed by atoms with Gasteiger partial charge in [0.1, 0.15) is 0 Å². The van der Waals surface area contributed by atoms with Crippen molar-refractivity contribution in [2.45, 2.75) is 20.8 Å². The maximum atomic E-state index is 12.7. The summed E-state index contributed by atoms with van der Waals surface area (Å²) in [5, 5.41) is 2.81. The second-order valence-electron chi connectivity index (χ2n) is 6.24. The summed E-state index contributed by atoms with van der Waals surface area (Å²) in [5.74, 6) is 0.123. The van der Waals surface area contributed by atoms with Gasteiger partial charge in [-0.3, -0.25) is 14.5 Å². The van der Waals surface area contributed by atoms with Crippen LogP contribution in [0.15, 0.2) is 24.3 Å². The maximum absolute atomic E-state index is 12.7. The normalized spacial score (nSPS) is 15.1. The van der Waals surface area contributed by atoms with E-state index in [9.17, 15) is 9.59 Å². The van der Waals surface area contributed by atoms with E-state index in [0.29, 0.717) is 26.2 Å². The van der Waals surface area contributed by atoms with Crippen LogP contribution in [-0.2, 0) is 4.79 Å². The zero-order valence-electron chi connectivity index (χ0n) is 15.6. The number of amides is 2. The summed E-state index contributed by atoms with van der Waals surface area (Å²) < 4.78 is 0. The molecule has 25 heavy (non-hydrogen) atoms. The minimum Gasteiger partial charge on any atom is -0.372 e. The Hall–Kier alpha value is -2.08. The van der Waals surface area contributed by atoms with Crippen LogP contribution in [0.1, 0.15) is 31.1 Å². The number of nitrogens with zero attached hydrogens (tertiary/aromatic N) is 3. The van der Waals surface area contributed by atoms with Gasteiger partial charge >= 0.3 is 0 Å². The van der Waals surface area contributed by atoms with Crippen molar-refractivity contribution in [2.75, 3.05) is 57.3 Å². The number of hydrogen-bond acceptors (Lipinski definition) is 4. The Morgan fingerprint density at radius 1 is 1.00 bits per heavy atom. The average molecular weight is 346 g/mol. The third kappa shape index (κ3) is 5.19. The van der Waals surface area contributed by atoms with E-state index in [1.807, 2.05) is 36.1 Å². The van der Waals surface area contributed by atoms with Crippen LogP contribution in [0.5, 0.6) is 0 Å². The van der Waals surface area contributed by atoms with Gasteiger partial charge in [-0.2, -0.15) is 0 Å². The monoisotopic (exact) mass is 346 g/mol. The van der Waals surface area contributed by atoms with Gasteiger partial charge in [0.05, 0.1) is 6.54 Å². The highest BCUT2D eigenvalue weighted by Gasteiger charge is 2.23. The zero-order valence-corrected chi connectivity index (χ0v) is 15.6. The number of nitrogens with one attached hydrogen (secondary N) is 1. The summed E-state index contributed by atoms with van der Waals surface area (Å²) in [5.41, 5.74) is 1.88. The molecule has 1 heterocycles. The molecular formula is C19H30N4O2. The number of carbonyl (C=O) groups is 2. The zero-order chi connectivity index (χ0) is 18.2. The van der Waals surface area contributed by atoms with Gasteiger partial charge in [0.2, 0.25) is 5.91 Å². The molecule has 0 aromatic heterocycles. The Kier molecular flexibility index (Phi) is 7.25. The Bertz CT molecular complexity index is 561. The molecule has 0 saturated carbocycles. The van der Waals surface area contributed by atoms with Crippen molar-refractivity contribution >= 4 is 17.5 Å². The molecule has 2 amide bonds. The van der Waals surface area contributed by atoms with Crippen LogP contribution < -0.4 is 10.2 Å². The largest absolute Gasteiger partial charge is 0.372 e. The first-order valence-electron chi connectivity index (χ1n) is 9.22. The summed E-state index contributed by atoms with van der Waals surface area (Å²) in [6.07, 6.45) is 0. The molecule has 1 saturated heterocycles. The quantitative estimate of drug-likeness (QED) is 0.811. The topological polar surface area (TPSA) is 55.9 Å². The van der Waals surface area contributed by atoms with E-state index in [1.165, 1.54) is 0 Å². The predicted octanol–water partition coefficient (Wildman–Crippen LogP) is 1.43. The van der Waals surface area contributed by atoms with Gasteiger partial charge in [-0.25, -0.2) is 0 Å². The number of anilines is 1. The van der Waals surface area contributed by atoms with E-state index in [2.05, 4.69) is 29.0 Å². The Labute approximate surface area is 150 Å². The number of benzene rings is 1. The Morgan fingerprint density at radius 3 is 2.12 bits per heavy atom. The van der Waals surface area contributed by atoms with Crippen LogP contribution in [-0.4, -0.2) is 74.0 Å². The second kappa shape index (κ2) is 9.42. The van der Waals surface area contributed by atoms with Crippen LogP contribution >= 0.6 is 0 Å². The van der Waals surface area contributed by atoms with Crippen LogP contribution in [0, 0.1) is 0 Å². The van der Waals surface area contributed by atoms with E-state index in [-0.39, 0.29) is 11.8 Å². The van der Waals surface area contributed by atoms with Crippen molar-refractivity contribution < 1.29 is 9.59 Å². The van der Waals surface area contributed by atoms with Gasteiger partial charge in [-0.05, 0) is 45.0 Å². The lowest BCUT2D eigenvalue weighted by atomic mass is 10.1. The van der Waals surface area contributed by atoms with E-state index >= 15 is 0 Å². The van der Waals surface area contributed by atoms with Gasteiger partial charge in [-0.1, -0.05) is 0 Å². The lowest BCUT2D eigenvalue weighted by Gasteiger charge is -2.34. The molecular weight excluding hydrogens is 316 g/mol. The molecule has 1 fully saturated rings. The fourth-order valence-electron chi connectivity index (χ4n) is 3.15. The molecule has 0 aliphatic carbocycles. The van der Waals surface area contributed by atoms with Crippen molar-refractivity contribution in [3.8, 4) is 0 Å². The van der Waals surface area contributed by atoms with Gasteiger partial charge in [0, 0.05) is 57.1 Å². The highest BCUT2D eigenvalue weighted by Crippen LogP contribution is 2.16. The summed E-state index contributed by atoms with van der Waals surface area (Å²) in [6, 6.07) is 7.87. The van der Waals surface area contributed by atoms with E-state index in [1.54, 1.807) is 0 Å². The molecule has 0 spiro atoms. The molecule has 1 aliphatic rings. The summed E-state index contributed by atoms with van der Waals surface area (Å²) >= 11 is 0. The number of piperazine rings is 1. The summed E-state index contributed by atoms with van der Waals surface area (Å²) in [6.45, 7) is 11.9. The van der Waals surface area contributed by atoms with Gasteiger partial charge in [0.15, 0.2) is 0 Å². The number of likely N-dealkylation sites (N-methyl/N-ethyl adjacent to an activating group) is 1. The van der Waals surface area contributed by atoms with Crippen LogP contribution in [0.4, 0.5) is 5.69 Å². The first-order chi connectivity index (χ1) is 12.1. The first-order valence-corrected chi connectivity index (χ1v) is 9.22. The molecule has 6 heteroatoms. The standard InChI is InChI=1S/C19H30N4O2/c1-4-20-18(24)15-21-11-13-23(14-12-21)19(25)16-7-9-17(10-8-16)22(5-2)6-3/h7-10H,4-6,11-15H2,1-3H3,(H,20,24). The minimum atomic E-state index is 0.0502. The average Bonchev–Trinajstić information content (AvgIpc) is 2.63. The van der Waals surface area contributed by atoms with Gasteiger partial charge in [0.25, 0.3) is 5.91 Å². The number of carbonyl (C=O) groups excluding carboxylic acids is 2. The molecule has 1 aliphatic heterocycles. The lowest BCUT2D eigenvalue weighted by Crippen LogP contribution is -2.51. The summed E-state index contributed by atoms with van der Waals surface area (Å²) in [4.78, 5) is 30.5. The molecule has 1 N–H and O–H groups in total. The number of hydrogen-bond donors (Lipinski definition) is 1. The molecule has 0 atom stereocenters. The van der Waals surface area contributed by atoms with E-state index in [0.717, 1.165) is 37.4 Å². The SMILES string of the molecule is CCNC(=O)CN1CCN(C(=O)c2ccc(N(CC)CC)cc2)CC1. The first kappa shape index (κ1) is 19.2. The van der Waals surface area contributed by atoms with Gasteiger partial charge < -0.3 is 15.1 Å². The highest BCUT2D eigenvalue weighted by molar-refractivity contribution is 5.94. The molecule has 138 valence electrons. The Morgan fingerprint density at radius 2 is 1.60 bits per heavy atom. The van der Waals surface area contributed by atoms with Crippen LogP contribution in [0.3, 0.4) is 0 Å². The summed E-state index contributed by atoms with van der Waals surface area (Å²) in [7, 11) is 0. The molecule has 2 rings (SSSR count). The van der Waals surface area contributed by atoms with E-state index in [4.69, 9.17) is 0 Å². The Balaban J connectivity index is 1.88. The molecule has 1 aromatic carbocycles. The minimum absolute atomic E-state index is 0.0502. The van der Waals surface area contributed by atoms with Gasteiger partial charge in [-0.15, -0.1) is 0 Å². The molecule has 1 aromatic rings. The van der Waals surface area contributed by atoms with Crippen molar-refractivity contribution in [2.24, 2.45) is 0 Å². The predicted molar refractivity (Wildman–Crippen MR) is 101 cm³/mol. The fourth-order valence-corrected chi connectivity index (χ4v) is 3.15. The van der Waals surface area contributed by atoms with Crippen molar-refractivity contribution in [1.29, 1.82) is 0 Å². The van der Waals surface area contributed by atoms with Crippen molar-refractivity contribution in [3.63, 3.8) is 0 Å². The maximum Gasteiger partial charge on any atom is 0.253 e. The van der Waals surface area contributed by atoms with Crippen molar-refractivity contribution in [1.82, 2.24) is 15.1 Å². The van der Waals surface area contributed by atoms with Crippen molar-refractivity contribution in [3.05, 3.63) is 29.8 Å². The van der Waals surface area contributed by atoms with Crippen LogP contribution in [0.2, 0.25) is 0 Å². The fraction of sp³-hybridized carbons (Fsp3) is 0.579. The molecule has 0 unspecified atom stereocenters. The van der Waals surface area contributed by atoms with E-state index < -0.39 is 0 Å². The highest BCUT2D eigenvalue weighted by atomic mass is 16.2. The molecule has 0 radical (unpaired) electrons.